The Bertz CT molecular complexity index is 914. The first kappa shape index (κ1) is 19.1. The quantitative estimate of drug-likeness (QED) is 0.791. The molecule has 29 heavy (non-hydrogen) atoms. The van der Waals surface area contributed by atoms with Gasteiger partial charge in [-0.2, -0.15) is 0 Å². The van der Waals surface area contributed by atoms with Gasteiger partial charge in [0.05, 0.1) is 12.5 Å². The average molecular weight is 396 g/mol. The van der Waals surface area contributed by atoms with E-state index in [4.69, 9.17) is 9.47 Å². The van der Waals surface area contributed by atoms with Crippen LogP contribution in [0.25, 0.3) is 0 Å². The number of amides is 2. The van der Waals surface area contributed by atoms with Crippen molar-refractivity contribution in [3.05, 3.63) is 48.5 Å². The molecule has 2 aromatic carbocycles. The van der Waals surface area contributed by atoms with Crippen LogP contribution in [-0.2, 0) is 4.79 Å². The predicted octanol–water partition coefficient (Wildman–Crippen LogP) is 4.21. The van der Waals surface area contributed by atoms with Crippen molar-refractivity contribution >= 4 is 17.7 Å². The number of fused-ring (bicyclic) bond motifs is 1. The number of ether oxygens (including phenoxy) is 2. The van der Waals surface area contributed by atoms with E-state index in [2.05, 4.69) is 5.32 Å². The Morgan fingerprint density at radius 1 is 1.14 bits per heavy atom. The molecule has 1 aliphatic carbocycles. The Morgan fingerprint density at radius 3 is 2.52 bits per heavy atom. The van der Waals surface area contributed by atoms with Crippen LogP contribution in [0.4, 0.5) is 10.5 Å². The topological polar surface area (TPSA) is 88.1 Å². The number of para-hydroxylation sites is 2. The smallest absolute Gasteiger partial charge is 0.321 e. The summed E-state index contributed by atoms with van der Waals surface area (Å²) in [6.45, 7) is 0.765. The molecule has 1 saturated carbocycles. The molecular weight excluding hydrogens is 372 g/mol. The average Bonchev–Trinajstić information content (AvgIpc) is 3.29. The van der Waals surface area contributed by atoms with Crippen molar-refractivity contribution in [1.82, 2.24) is 4.90 Å². The lowest BCUT2D eigenvalue weighted by atomic mass is 9.81. The number of carboxylic acid groups (broad SMARTS) is 1. The monoisotopic (exact) mass is 396 g/mol. The van der Waals surface area contributed by atoms with Crippen LogP contribution in [0.2, 0.25) is 0 Å². The van der Waals surface area contributed by atoms with Crippen LogP contribution in [-0.4, -0.2) is 42.2 Å². The second-order valence-electron chi connectivity index (χ2n) is 7.64. The molecule has 0 aromatic heterocycles. The molecule has 4 rings (SSSR count). The minimum atomic E-state index is -0.784. The van der Waals surface area contributed by atoms with Crippen molar-refractivity contribution < 1.29 is 24.2 Å². The number of urea groups is 1. The molecule has 2 amide bonds. The van der Waals surface area contributed by atoms with Crippen LogP contribution < -0.4 is 14.8 Å². The fourth-order valence-corrected chi connectivity index (χ4v) is 4.43. The van der Waals surface area contributed by atoms with Gasteiger partial charge in [0.25, 0.3) is 0 Å². The molecule has 2 atom stereocenters. The standard InChI is InChI=1S/C22H24N2O5/c1-28-18-6-2-3-7-19(18)29-17-10-8-16(9-11-17)23-21(27)24-13-15-5-4-12-22(15,14-24)20(25)26/h2-3,6-11,15H,4-5,12-14H2,1H3,(H,23,27)(H,25,26)/t15-,22+/m0/s1. The summed E-state index contributed by atoms with van der Waals surface area (Å²) in [7, 11) is 1.59. The molecule has 1 heterocycles. The summed E-state index contributed by atoms with van der Waals surface area (Å²) in [6, 6.07) is 14.1. The number of carbonyl (C=O) groups is 2. The van der Waals surface area contributed by atoms with Gasteiger partial charge in [0.2, 0.25) is 0 Å². The number of hydrogen-bond acceptors (Lipinski definition) is 4. The summed E-state index contributed by atoms with van der Waals surface area (Å²) >= 11 is 0. The zero-order valence-electron chi connectivity index (χ0n) is 16.3. The third-order valence-corrected chi connectivity index (χ3v) is 5.99. The number of benzene rings is 2. The lowest BCUT2D eigenvalue weighted by Gasteiger charge is -2.23. The largest absolute Gasteiger partial charge is 0.493 e. The van der Waals surface area contributed by atoms with Gasteiger partial charge in [-0.1, -0.05) is 18.6 Å². The number of anilines is 1. The maximum atomic E-state index is 12.6. The first-order chi connectivity index (χ1) is 14.0. The maximum Gasteiger partial charge on any atom is 0.321 e. The van der Waals surface area contributed by atoms with E-state index >= 15 is 0 Å². The van der Waals surface area contributed by atoms with Crippen molar-refractivity contribution in [2.24, 2.45) is 11.3 Å². The van der Waals surface area contributed by atoms with E-state index < -0.39 is 11.4 Å². The highest BCUT2D eigenvalue weighted by Crippen LogP contribution is 2.49. The number of nitrogens with zero attached hydrogens (tertiary/aromatic N) is 1. The maximum absolute atomic E-state index is 12.6. The van der Waals surface area contributed by atoms with Crippen LogP contribution in [0.5, 0.6) is 17.2 Å². The third-order valence-electron chi connectivity index (χ3n) is 5.99. The molecule has 7 heteroatoms. The highest BCUT2D eigenvalue weighted by molar-refractivity contribution is 5.90. The van der Waals surface area contributed by atoms with Gasteiger partial charge < -0.3 is 24.8 Å². The summed E-state index contributed by atoms with van der Waals surface area (Å²) in [5, 5.41) is 12.5. The first-order valence-corrected chi connectivity index (χ1v) is 9.72. The molecule has 0 radical (unpaired) electrons. The Labute approximate surface area is 169 Å². The molecule has 1 saturated heterocycles. The minimum Gasteiger partial charge on any atom is -0.493 e. The van der Waals surface area contributed by atoms with E-state index in [0.29, 0.717) is 35.9 Å². The fourth-order valence-electron chi connectivity index (χ4n) is 4.43. The summed E-state index contributed by atoms with van der Waals surface area (Å²) in [5.41, 5.74) is -0.146. The number of likely N-dealkylation sites (tertiary alicyclic amines) is 1. The van der Waals surface area contributed by atoms with E-state index in [1.165, 1.54) is 0 Å². The predicted molar refractivity (Wildman–Crippen MR) is 108 cm³/mol. The van der Waals surface area contributed by atoms with Crippen molar-refractivity contribution in [3.8, 4) is 17.2 Å². The Balaban J connectivity index is 1.39. The molecule has 2 fully saturated rings. The number of methoxy groups -OCH3 is 1. The molecular formula is C22H24N2O5. The van der Waals surface area contributed by atoms with E-state index in [0.717, 1.165) is 12.8 Å². The molecule has 2 aliphatic rings. The zero-order chi connectivity index (χ0) is 20.4. The third kappa shape index (κ3) is 3.60. The number of aliphatic carboxylic acids is 1. The van der Waals surface area contributed by atoms with Gasteiger partial charge >= 0.3 is 12.0 Å². The number of nitrogens with one attached hydrogen (secondary N) is 1. The fraction of sp³-hybridized carbons (Fsp3) is 0.364. The van der Waals surface area contributed by atoms with Gasteiger partial charge in [-0.15, -0.1) is 0 Å². The van der Waals surface area contributed by atoms with Gasteiger partial charge in [-0.05, 0) is 55.2 Å². The Hall–Kier alpha value is -3.22. The lowest BCUT2D eigenvalue weighted by molar-refractivity contribution is -0.149. The minimum absolute atomic E-state index is 0.0439. The van der Waals surface area contributed by atoms with E-state index in [-0.39, 0.29) is 18.5 Å². The van der Waals surface area contributed by atoms with E-state index in [1.807, 2.05) is 24.3 Å². The van der Waals surface area contributed by atoms with Crippen molar-refractivity contribution in [2.75, 3.05) is 25.5 Å². The first-order valence-electron chi connectivity index (χ1n) is 9.72. The SMILES string of the molecule is COc1ccccc1Oc1ccc(NC(=O)N2C[C@@H]3CCC[C@@]3(C(=O)O)C2)cc1. The van der Waals surface area contributed by atoms with Crippen LogP contribution in [0.3, 0.4) is 0 Å². The normalized spacial score (nSPS) is 22.8. The summed E-state index contributed by atoms with van der Waals surface area (Å²) in [4.78, 5) is 26.0. The Morgan fingerprint density at radius 2 is 1.86 bits per heavy atom. The number of rotatable bonds is 5. The van der Waals surface area contributed by atoms with Crippen molar-refractivity contribution in [2.45, 2.75) is 19.3 Å². The van der Waals surface area contributed by atoms with Crippen molar-refractivity contribution in [3.63, 3.8) is 0 Å². The van der Waals surface area contributed by atoms with Gasteiger partial charge in [-0.3, -0.25) is 4.79 Å². The number of carboxylic acids is 1. The van der Waals surface area contributed by atoms with Crippen LogP contribution >= 0.6 is 0 Å². The van der Waals surface area contributed by atoms with Gasteiger partial charge in [0, 0.05) is 18.8 Å². The van der Waals surface area contributed by atoms with Gasteiger partial charge in [-0.25, -0.2) is 4.79 Å². The second-order valence-corrected chi connectivity index (χ2v) is 7.64. The molecule has 0 spiro atoms. The van der Waals surface area contributed by atoms with Crippen molar-refractivity contribution in [1.29, 1.82) is 0 Å². The van der Waals surface area contributed by atoms with Gasteiger partial charge in [0.15, 0.2) is 11.5 Å². The summed E-state index contributed by atoms with van der Waals surface area (Å²) < 4.78 is 11.1. The zero-order valence-corrected chi connectivity index (χ0v) is 16.3. The summed E-state index contributed by atoms with van der Waals surface area (Å²) in [6.07, 6.45) is 2.43. The van der Waals surface area contributed by atoms with E-state index in [9.17, 15) is 14.7 Å². The molecule has 7 nitrogen and oxygen atoms in total. The molecule has 0 bridgehead atoms. The Kier molecular flexibility index (Phi) is 5.05. The van der Waals surface area contributed by atoms with Crippen LogP contribution in [0.15, 0.2) is 48.5 Å². The molecule has 1 aliphatic heterocycles. The van der Waals surface area contributed by atoms with Crippen LogP contribution in [0.1, 0.15) is 19.3 Å². The number of carbonyl (C=O) groups excluding carboxylic acids is 1. The lowest BCUT2D eigenvalue weighted by Crippen LogP contribution is -2.38. The highest BCUT2D eigenvalue weighted by atomic mass is 16.5. The van der Waals surface area contributed by atoms with E-state index in [1.54, 1.807) is 36.3 Å². The second kappa shape index (κ2) is 7.66. The molecule has 152 valence electrons. The van der Waals surface area contributed by atoms with Gasteiger partial charge in [0.1, 0.15) is 5.75 Å². The number of hydrogen-bond donors (Lipinski definition) is 2. The molecule has 2 N–H and O–H groups in total. The van der Waals surface area contributed by atoms with Crippen LogP contribution in [0, 0.1) is 11.3 Å². The molecule has 2 aromatic rings. The summed E-state index contributed by atoms with van der Waals surface area (Å²) in [5.74, 6) is 1.12. The molecule has 0 unspecified atom stereocenters. The highest BCUT2D eigenvalue weighted by Gasteiger charge is 2.55.